The first-order chi connectivity index (χ1) is 11.2. The Hall–Kier alpha value is -1.56. The molecule has 0 spiro atoms. The van der Waals surface area contributed by atoms with Gasteiger partial charge in [0.2, 0.25) is 0 Å². The summed E-state index contributed by atoms with van der Waals surface area (Å²) >= 11 is 0. The highest BCUT2D eigenvalue weighted by atomic mass is 16.2. The van der Waals surface area contributed by atoms with Gasteiger partial charge in [0.05, 0.1) is 6.54 Å². The highest BCUT2D eigenvalue weighted by Gasteiger charge is 2.22. The van der Waals surface area contributed by atoms with Crippen molar-refractivity contribution >= 4 is 6.03 Å². The number of likely N-dealkylation sites (tertiary alicyclic amines) is 1. The number of urea groups is 1. The summed E-state index contributed by atoms with van der Waals surface area (Å²) in [5, 5.41) is 6.17. The van der Waals surface area contributed by atoms with Crippen LogP contribution < -0.4 is 10.6 Å². The molecule has 0 aromatic carbocycles. The summed E-state index contributed by atoms with van der Waals surface area (Å²) in [7, 11) is 2.04. The number of aromatic nitrogens is 2. The number of carbonyl (C=O) groups excluding carboxylic acids is 1. The van der Waals surface area contributed by atoms with E-state index in [2.05, 4.69) is 25.1 Å². The fourth-order valence-corrected chi connectivity index (χ4v) is 3.75. The van der Waals surface area contributed by atoms with Gasteiger partial charge in [-0.2, -0.15) is 0 Å². The summed E-state index contributed by atoms with van der Waals surface area (Å²) in [5.41, 5.74) is 0. The van der Waals surface area contributed by atoms with Crippen LogP contribution in [0.3, 0.4) is 0 Å². The van der Waals surface area contributed by atoms with Gasteiger partial charge >= 0.3 is 6.03 Å². The van der Waals surface area contributed by atoms with Crippen LogP contribution in [0.4, 0.5) is 4.79 Å². The van der Waals surface area contributed by atoms with Gasteiger partial charge in [-0.1, -0.05) is 12.8 Å². The molecule has 1 aliphatic heterocycles. The van der Waals surface area contributed by atoms with Crippen LogP contribution in [0.15, 0.2) is 12.4 Å². The minimum absolute atomic E-state index is 0.0122. The number of nitrogens with zero attached hydrogens (tertiary/aromatic N) is 3. The van der Waals surface area contributed by atoms with Crippen LogP contribution >= 0.6 is 0 Å². The zero-order valence-electron chi connectivity index (χ0n) is 14.1. The number of carbonyl (C=O) groups is 1. The molecule has 0 bridgehead atoms. The molecule has 1 aliphatic carbocycles. The molecule has 3 rings (SSSR count). The van der Waals surface area contributed by atoms with E-state index in [0.717, 1.165) is 44.8 Å². The van der Waals surface area contributed by atoms with Crippen molar-refractivity contribution in [3.63, 3.8) is 0 Å². The number of aryl methyl sites for hydroxylation is 1. The van der Waals surface area contributed by atoms with Crippen LogP contribution in [-0.4, -0.2) is 46.2 Å². The molecule has 1 aromatic rings. The molecule has 23 heavy (non-hydrogen) atoms. The monoisotopic (exact) mass is 319 g/mol. The first kappa shape index (κ1) is 16.3. The molecular weight excluding hydrogens is 290 g/mol. The Morgan fingerprint density at radius 1 is 1.30 bits per heavy atom. The molecule has 6 nitrogen and oxygen atoms in total. The SMILES string of the molecule is Cn1ccnc1CN1CCC[C@H](CNC(=O)NC2CCCC2)C1. The lowest BCUT2D eigenvalue weighted by atomic mass is 9.98. The topological polar surface area (TPSA) is 62.2 Å². The summed E-state index contributed by atoms with van der Waals surface area (Å²) in [6.07, 6.45) is 11.0. The van der Waals surface area contributed by atoms with Crippen molar-refractivity contribution in [2.24, 2.45) is 13.0 Å². The van der Waals surface area contributed by atoms with Crippen molar-refractivity contribution in [2.45, 2.75) is 51.1 Å². The highest BCUT2D eigenvalue weighted by Crippen LogP contribution is 2.18. The van der Waals surface area contributed by atoms with Crippen molar-refractivity contribution in [2.75, 3.05) is 19.6 Å². The van der Waals surface area contributed by atoms with Crippen molar-refractivity contribution in [1.29, 1.82) is 0 Å². The van der Waals surface area contributed by atoms with Gasteiger partial charge < -0.3 is 15.2 Å². The fourth-order valence-electron chi connectivity index (χ4n) is 3.75. The van der Waals surface area contributed by atoms with Gasteiger partial charge in [0, 0.05) is 38.6 Å². The Morgan fingerprint density at radius 2 is 2.13 bits per heavy atom. The minimum atomic E-state index is 0.0122. The Kier molecular flexibility index (Phi) is 5.54. The lowest BCUT2D eigenvalue weighted by molar-refractivity contribution is 0.160. The van der Waals surface area contributed by atoms with E-state index in [0.29, 0.717) is 12.0 Å². The molecule has 2 fully saturated rings. The summed E-state index contributed by atoms with van der Waals surface area (Å²) in [5.74, 6) is 1.65. The number of piperidine rings is 1. The van der Waals surface area contributed by atoms with Gasteiger partial charge in [-0.05, 0) is 38.1 Å². The highest BCUT2D eigenvalue weighted by molar-refractivity contribution is 5.74. The number of hydrogen-bond donors (Lipinski definition) is 2. The average Bonchev–Trinajstić information content (AvgIpc) is 3.18. The largest absolute Gasteiger partial charge is 0.338 e. The van der Waals surface area contributed by atoms with Crippen molar-refractivity contribution in [1.82, 2.24) is 25.1 Å². The second kappa shape index (κ2) is 7.81. The lowest BCUT2D eigenvalue weighted by Crippen LogP contribution is -2.45. The quantitative estimate of drug-likeness (QED) is 0.871. The number of nitrogens with one attached hydrogen (secondary N) is 2. The van der Waals surface area contributed by atoms with E-state index in [1.165, 1.54) is 25.7 Å². The Morgan fingerprint density at radius 3 is 2.87 bits per heavy atom. The second-order valence-corrected chi connectivity index (χ2v) is 7.03. The normalized spacial score (nSPS) is 23.1. The summed E-state index contributed by atoms with van der Waals surface area (Å²) in [4.78, 5) is 18.8. The third kappa shape index (κ3) is 4.70. The predicted octanol–water partition coefficient (Wildman–Crippen LogP) is 1.87. The van der Waals surface area contributed by atoms with Crippen LogP contribution in [-0.2, 0) is 13.6 Å². The van der Waals surface area contributed by atoms with Gasteiger partial charge in [-0.25, -0.2) is 9.78 Å². The molecule has 0 unspecified atom stereocenters. The molecule has 2 amide bonds. The molecule has 2 aliphatic rings. The van der Waals surface area contributed by atoms with Crippen molar-refractivity contribution in [3.05, 3.63) is 18.2 Å². The molecule has 1 atom stereocenters. The van der Waals surface area contributed by atoms with Crippen molar-refractivity contribution < 1.29 is 4.79 Å². The van der Waals surface area contributed by atoms with Crippen LogP contribution in [0.1, 0.15) is 44.3 Å². The van der Waals surface area contributed by atoms with E-state index in [1.54, 1.807) is 0 Å². The van der Waals surface area contributed by atoms with Gasteiger partial charge in [0.1, 0.15) is 5.82 Å². The molecule has 6 heteroatoms. The van der Waals surface area contributed by atoms with Crippen LogP contribution in [0.25, 0.3) is 0 Å². The maximum atomic E-state index is 12.0. The third-order valence-electron chi connectivity index (χ3n) is 5.13. The lowest BCUT2D eigenvalue weighted by Gasteiger charge is -2.32. The van der Waals surface area contributed by atoms with Gasteiger partial charge in [-0.3, -0.25) is 4.90 Å². The van der Waals surface area contributed by atoms with Gasteiger partial charge in [0.15, 0.2) is 0 Å². The number of hydrogen-bond acceptors (Lipinski definition) is 3. The minimum Gasteiger partial charge on any atom is -0.338 e. The maximum Gasteiger partial charge on any atom is 0.315 e. The Labute approximate surface area is 138 Å². The molecule has 2 heterocycles. The maximum absolute atomic E-state index is 12.0. The molecular formula is C17H29N5O. The fraction of sp³-hybridized carbons (Fsp3) is 0.765. The molecule has 1 saturated carbocycles. The summed E-state index contributed by atoms with van der Waals surface area (Å²) in [6.45, 7) is 3.83. The molecule has 128 valence electrons. The number of imidazole rings is 1. The van der Waals surface area contributed by atoms with E-state index < -0.39 is 0 Å². The van der Waals surface area contributed by atoms with E-state index in [9.17, 15) is 4.79 Å². The van der Waals surface area contributed by atoms with E-state index in [-0.39, 0.29) is 6.03 Å². The molecule has 0 radical (unpaired) electrons. The molecule has 1 saturated heterocycles. The molecule has 1 aromatic heterocycles. The second-order valence-electron chi connectivity index (χ2n) is 7.03. The first-order valence-electron chi connectivity index (χ1n) is 8.93. The van der Waals surface area contributed by atoms with Crippen LogP contribution in [0.2, 0.25) is 0 Å². The Balaban J connectivity index is 1.39. The van der Waals surface area contributed by atoms with E-state index in [4.69, 9.17) is 0 Å². The number of amides is 2. The smallest absolute Gasteiger partial charge is 0.315 e. The van der Waals surface area contributed by atoms with Crippen molar-refractivity contribution in [3.8, 4) is 0 Å². The number of rotatable bonds is 5. The van der Waals surface area contributed by atoms with Crippen LogP contribution in [0, 0.1) is 5.92 Å². The van der Waals surface area contributed by atoms with E-state index >= 15 is 0 Å². The average molecular weight is 319 g/mol. The standard InChI is InChI=1S/C17H29N5O/c1-21-10-8-18-16(21)13-22-9-4-5-14(12-22)11-19-17(23)20-15-6-2-3-7-15/h8,10,14-15H,2-7,9,11-13H2,1H3,(H2,19,20,23)/t14-/m1/s1. The van der Waals surface area contributed by atoms with Gasteiger partial charge in [0.25, 0.3) is 0 Å². The molecule has 2 N–H and O–H groups in total. The first-order valence-corrected chi connectivity index (χ1v) is 8.93. The predicted molar refractivity (Wildman–Crippen MR) is 90.0 cm³/mol. The van der Waals surface area contributed by atoms with Gasteiger partial charge in [-0.15, -0.1) is 0 Å². The zero-order valence-corrected chi connectivity index (χ0v) is 14.1. The third-order valence-corrected chi connectivity index (χ3v) is 5.13. The summed E-state index contributed by atoms with van der Waals surface area (Å²) < 4.78 is 2.08. The van der Waals surface area contributed by atoms with E-state index in [1.807, 2.05) is 19.4 Å². The zero-order chi connectivity index (χ0) is 16.1. The Bertz CT molecular complexity index is 509. The summed E-state index contributed by atoms with van der Waals surface area (Å²) in [6, 6.07) is 0.402. The van der Waals surface area contributed by atoms with Crippen LogP contribution in [0.5, 0.6) is 0 Å².